The van der Waals surface area contributed by atoms with Crippen molar-refractivity contribution in [2.24, 2.45) is 0 Å². The monoisotopic (exact) mass is 285 g/mol. The molecule has 0 spiro atoms. The zero-order chi connectivity index (χ0) is 13.9. The van der Waals surface area contributed by atoms with Gasteiger partial charge in [-0.05, 0) is 36.1 Å². The van der Waals surface area contributed by atoms with Crippen LogP contribution in [0.5, 0.6) is 0 Å². The molecule has 0 aliphatic heterocycles. The summed E-state index contributed by atoms with van der Waals surface area (Å²) in [6, 6.07) is 12.3. The van der Waals surface area contributed by atoms with Gasteiger partial charge >= 0.3 is 0 Å². The van der Waals surface area contributed by atoms with Crippen molar-refractivity contribution in [2.45, 2.75) is 13.3 Å². The average Bonchev–Trinajstić information content (AvgIpc) is 3.10. The van der Waals surface area contributed by atoms with Crippen LogP contribution in [0.3, 0.4) is 0 Å². The van der Waals surface area contributed by atoms with E-state index in [0.29, 0.717) is 12.3 Å². The van der Waals surface area contributed by atoms with E-state index in [2.05, 4.69) is 28.6 Å². The largest absolute Gasteiger partial charge is 0.441 e. The lowest BCUT2D eigenvalue weighted by Gasteiger charge is -2.00. The number of aliphatic hydroxyl groups is 1. The fraction of sp³-hybridized carbons (Fsp3) is 0.188. The van der Waals surface area contributed by atoms with Gasteiger partial charge in [0.25, 0.3) is 0 Å². The number of aliphatic hydroxyl groups excluding tert-OH is 1. The molecule has 1 aromatic carbocycles. The van der Waals surface area contributed by atoms with Crippen LogP contribution in [0.2, 0.25) is 0 Å². The van der Waals surface area contributed by atoms with Gasteiger partial charge in [-0.15, -0.1) is 11.3 Å². The first-order valence-electron chi connectivity index (χ1n) is 6.49. The maximum absolute atomic E-state index is 9.01. The van der Waals surface area contributed by atoms with Gasteiger partial charge < -0.3 is 9.52 Å². The molecule has 0 amide bonds. The van der Waals surface area contributed by atoms with Crippen LogP contribution in [0.4, 0.5) is 0 Å². The van der Waals surface area contributed by atoms with Crippen LogP contribution in [0.1, 0.15) is 11.5 Å². The molecule has 1 N–H and O–H groups in total. The Labute approximate surface area is 121 Å². The molecule has 2 heterocycles. The number of aryl methyl sites for hydroxylation is 1. The molecule has 0 fully saturated rings. The molecule has 102 valence electrons. The van der Waals surface area contributed by atoms with Gasteiger partial charge in [0.15, 0.2) is 0 Å². The first kappa shape index (κ1) is 13.1. The minimum absolute atomic E-state index is 0.0854. The van der Waals surface area contributed by atoms with Crippen LogP contribution >= 0.6 is 11.3 Å². The van der Waals surface area contributed by atoms with Crippen molar-refractivity contribution >= 4 is 11.3 Å². The number of thiophene rings is 1. The molecule has 0 bridgehead atoms. The number of aromatic nitrogens is 1. The Kier molecular flexibility index (Phi) is 3.67. The Balaban J connectivity index is 1.98. The molecule has 0 aliphatic carbocycles. The van der Waals surface area contributed by atoms with E-state index in [-0.39, 0.29) is 6.61 Å². The summed E-state index contributed by atoms with van der Waals surface area (Å²) in [6.07, 6.45) is 0.528. The fourth-order valence-corrected chi connectivity index (χ4v) is 2.86. The van der Waals surface area contributed by atoms with Crippen LogP contribution in [0.25, 0.3) is 21.9 Å². The highest BCUT2D eigenvalue weighted by atomic mass is 32.1. The van der Waals surface area contributed by atoms with Crippen molar-refractivity contribution in [3.63, 3.8) is 0 Å². The van der Waals surface area contributed by atoms with Gasteiger partial charge in [-0.1, -0.05) is 18.2 Å². The van der Waals surface area contributed by atoms with E-state index in [1.165, 1.54) is 4.88 Å². The third-order valence-electron chi connectivity index (χ3n) is 3.16. The molecule has 0 unspecified atom stereocenters. The minimum Gasteiger partial charge on any atom is -0.441 e. The maximum Gasteiger partial charge on any atom is 0.226 e. The third-order valence-corrected chi connectivity index (χ3v) is 4.08. The standard InChI is InChI=1S/C16H15NO2S/c1-11-14(7-8-18)17-16(19-11)13-5-2-4-12(10-13)15-6-3-9-20-15/h2-6,9-10,18H,7-8H2,1H3. The number of rotatable bonds is 4. The van der Waals surface area contributed by atoms with Crippen molar-refractivity contribution in [3.8, 4) is 21.9 Å². The molecule has 3 rings (SSSR count). The molecule has 0 saturated carbocycles. The van der Waals surface area contributed by atoms with E-state index in [9.17, 15) is 0 Å². The van der Waals surface area contributed by atoms with Crippen LogP contribution in [-0.2, 0) is 6.42 Å². The predicted molar refractivity (Wildman–Crippen MR) is 80.8 cm³/mol. The summed E-state index contributed by atoms with van der Waals surface area (Å²) in [4.78, 5) is 5.70. The highest BCUT2D eigenvalue weighted by Gasteiger charge is 2.11. The Morgan fingerprint density at radius 1 is 1.20 bits per heavy atom. The lowest BCUT2D eigenvalue weighted by Crippen LogP contribution is -1.92. The molecule has 3 nitrogen and oxygen atoms in total. The van der Waals surface area contributed by atoms with Crippen LogP contribution in [-0.4, -0.2) is 16.7 Å². The van der Waals surface area contributed by atoms with Crippen LogP contribution < -0.4 is 0 Å². The number of hydrogen-bond acceptors (Lipinski definition) is 4. The molecule has 0 saturated heterocycles. The second-order valence-corrected chi connectivity index (χ2v) is 5.50. The maximum atomic E-state index is 9.01. The molecular weight excluding hydrogens is 270 g/mol. The molecule has 20 heavy (non-hydrogen) atoms. The molecule has 0 atom stereocenters. The molecule has 0 radical (unpaired) electrons. The summed E-state index contributed by atoms with van der Waals surface area (Å²) in [5, 5.41) is 11.1. The summed E-state index contributed by atoms with van der Waals surface area (Å²) >= 11 is 1.71. The summed E-state index contributed by atoms with van der Waals surface area (Å²) < 4.78 is 5.71. The Morgan fingerprint density at radius 3 is 2.80 bits per heavy atom. The minimum atomic E-state index is 0.0854. The van der Waals surface area contributed by atoms with E-state index >= 15 is 0 Å². The van der Waals surface area contributed by atoms with Gasteiger partial charge in [-0.25, -0.2) is 4.98 Å². The Hall–Kier alpha value is -1.91. The summed E-state index contributed by atoms with van der Waals surface area (Å²) in [6.45, 7) is 1.96. The van der Waals surface area contributed by atoms with Crippen molar-refractivity contribution in [2.75, 3.05) is 6.61 Å². The van der Waals surface area contributed by atoms with Crippen molar-refractivity contribution in [1.29, 1.82) is 0 Å². The van der Waals surface area contributed by atoms with Crippen molar-refractivity contribution in [3.05, 3.63) is 53.2 Å². The van der Waals surface area contributed by atoms with Gasteiger partial charge in [0.2, 0.25) is 5.89 Å². The zero-order valence-corrected chi connectivity index (χ0v) is 12.0. The number of oxazole rings is 1. The topological polar surface area (TPSA) is 46.3 Å². The predicted octanol–water partition coefficient (Wildman–Crippen LogP) is 3.91. The molecule has 0 aliphatic rings. The molecular formula is C16H15NO2S. The quantitative estimate of drug-likeness (QED) is 0.790. The number of hydrogen-bond donors (Lipinski definition) is 1. The van der Waals surface area contributed by atoms with Crippen molar-refractivity contribution in [1.82, 2.24) is 4.98 Å². The fourth-order valence-electron chi connectivity index (χ4n) is 2.14. The van der Waals surface area contributed by atoms with E-state index < -0.39 is 0 Å². The van der Waals surface area contributed by atoms with Crippen molar-refractivity contribution < 1.29 is 9.52 Å². The SMILES string of the molecule is Cc1oc(-c2cccc(-c3cccs3)c2)nc1CCO. The average molecular weight is 285 g/mol. The Bertz CT molecular complexity index is 701. The highest BCUT2D eigenvalue weighted by Crippen LogP contribution is 2.29. The summed E-state index contributed by atoms with van der Waals surface area (Å²) in [7, 11) is 0. The lowest BCUT2D eigenvalue weighted by molar-refractivity contribution is 0.297. The Morgan fingerprint density at radius 2 is 2.05 bits per heavy atom. The normalized spacial score (nSPS) is 10.9. The zero-order valence-electron chi connectivity index (χ0n) is 11.2. The van der Waals surface area contributed by atoms with Gasteiger partial charge in [0.05, 0.1) is 5.69 Å². The lowest BCUT2D eigenvalue weighted by atomic mass is 10.1. The van der Waals surface area contributed by atoms with E-state index in [1.54, 1.807) is 11.3 Å². The van der Waals surface area contributed by atoms with Gasteiger partial charge in [-0.3, -0.25) is 0 Å². The molecule has 2 aromatic heterocycles. The number of benzene rings is 1. The van der Waals surface area contributed by atoms with E-state index in [4.69, 9.17) is 9.52 Å². The first-order valence-corrected chi connectivity index (χ1v) is 7.37. The van der Waals surface area contributed by atoms with E-state index in [1.807, 2.05) is 25.1 Å². The third kappa shape index (κ3) is 2.53. The summed E-state index contributed by atoms with van der Waals surface area (Å²) in [5.74, 6) is 1.39. The van der Waals surface area contributed by atoms with Crippen LogP contribution in [0.15, 0.2) is 46.2 Å². The smallest absolute Gasteiger partial charge is 0.226 e. The second kappa shape index (κ2) is 5.61. The van der Waals surface area contributed by atoms with E-state index in [0.717, 1.165) is 22.6 Å². The number of nitrogens with zero attached hydrogens (tertiary/aromatic N) is 1. The second-order valence-electron chi connectivity index (χ2n) is 4.55. The summed E-state index contributed by atoms with van der Waals surface area (Å²) in [5.41, 5.74) is 2.95. The van der Waals surface area contributed by atoms with Gasteiger partial charge in [0.1, 0.15) is 5.76 Å². The van der Waals surface area contributed by atoms with Crippen LogP contribution in [0, 0.1) is 6.92 Å². The van der Waals surface area contributed by atoms with Gasteiger partial charge in [0, 0.05) is 23.5 Å². The van der Waals surface area contributed by atoms with Gasteiger partial charge in [-0.2, -0.15) is 0 Å². The molecule has 4 heteroatoms. The highest BCUT2D eigenvalue weighted by molar-refractivity contribution is 7.13. The first-order chi connectivity index (χ1) is 9.78. The molecule has 3 aromatic rings.